The summed E-state index contributed by atoms with van der Waals surface area (Å²) >= 11 is 0. The fourth-order valence-corrected chi connectivity index (χ4v) is 2.04. The van der Waals surface area contributed by atoms with Crippen LogP contribution in [0.25, 0.3) is 0 Å². The van der Waals surface area contributed by atoms with Crippen LogP contribution in [-0.2, 0) is 13.2 Å². The summed E-state index contributed by atoms with van der Waals surface area (Å²) in [5.41, 5.74) is 5.64. The van der Waals surface area contributed by atoms with Crippen LogP contribution in [0.3, 0.4) is 0 Å². The highest BCUT2D eigenvalue weighted by atomic mass is 16.5. The zero-order valence-corrected chi connectivity index (χ0v) is 11.7. The Kier molecular flexibility index (Phi) is 4.23. The Labute approximate surface area is 114 Å². The lowest BCUT2D eigenvalue weighted by Crippen LogP contribution is -2.00. The molecule has 2 rings (SSSR count). The highest BCUT2D eigenvalue weighted by Gasteiger charge is 2.06. The predicted octanol–water partition coefficient (Wildman–Crippen LogP) is 3.68. The van der Waals surface area contributed by atoms with Crippen molar-refractivity contribution < 1.29 is 9.84 Å². The van der Waals surface area contributed by atoms with Gasteiger partial charge >= 0.3 is 0 Å². The van der Waals surface area contributed by atoms with Gasteiger partial charge in [0, 0.05) is 0 Å². The Hall–Kier alpha value is -1.80. The third-order valence-corrected chi connectivity index (χ3v) is 3.46. The summed E-state index contributed by atoms with van der Waals surface area (Å²) in [7, 11) is 0. The second kappa shape index (κ2) is 5.89. The molecule has 0 atom stereocenters. The van der Waals surface area contributed by atoms with Gasteiger partial charge in [0.25, 0.3) is 0 Å². The molecular weight excluding hydrogens is 236 g/mol. The Morgan fingerprint density at radius 2 is 1.42 bits per heavy atom. The van der Waals surface area contributed by atoms with Gasteiger partial charge in [-0.1, -0.05) is 36.4 Å². The molecule has 0 aromatic heterocycles. The average Bonchev–Trinajstić information content (AvgIpc) is 2.44. The van der Waals surface area contributed by atoms with Crippen LogP contribution in [-0.4, -0.2) is 5.11 Å². The number of rotatable bonds is 4. The summed E-state index contributed by atoms with van der Waals surface area (Å²) in [6, 6.07) is 12.0. The molecule has 0 saturated carbocycles. The normalized spacial score (nSPS) is 10.5. The third kappa shape index (κ3) is 3.15. The molecule has 0 bridgehead atoms. The molecule has 0 aliphatic rings. The van der Waals surface area contributed by atoms with Crippen molar-refractivity contribution in [2.75, 3.05) is 0 Å². The van der Waals surface area contributed by atoms with Crippen LogP contribution in [0.4, 0.5) is 0 Å². The molecule has 2 nitrogen and oxygen atoms in total. The molecule has 0 aliphatic carbocycles. The minimum absolute atomic E-state index is 0.0806. The molecule has 0 unspecified atom stereocenters. The first kappa shape index (κ1) is 13.6. The smallest absolute Gasteiger partial charge is 0.125 e. The predicted molar refractivity (Wildman–Crippen MR) is 77.3 cm³/mol. The number of aliphatic hydroxyl groups is 1. The van der Waals surface area contributed by atoms with Gasteiger partial charge < -0.3 is 9.84 Å². The number of hydrogen-bond acceptors (Lipinski definition) is 2. The molecule has 0 radical (unpaired) electrons. The van der Waals surface area contributed by atoms with Gasteiger partial charge in [-0.15, -0.1) is 0 Å². The van der Waals surface area contributed by atoms with Gasteiger partial charge in [0.05, 0.1) is 6.61 Å². The largest absolute Gasteiger partial charge is 0.488 e. The SMILES string of the molecule is Cc1ccc(C)c(OCc2ccc(CO)cc2)c1C. The molecule has 2 aromatic rings. The van der Waals surface area contributed by atoms with Gasteiger partial charge in [0.15, 0.2) is 0 Å². The van der Waals surface area contributed by atoms with Crippen molar-refractivity contribution in [3.05, 3.63) is 64.2 Å². The highest BCUT2D eigenvalue weighted by molar-refractivity contribution is 5.44. The van der Waals surface area contributed by atoms with Crippen molar-refractivity contribution in [3.8, 4) is 5.75 Å². The number of benzene rings is 2. The maximum atomic E-state index is 9.01. The Bertz CT molecular complexity index is 556. The highest BCUT2D eigenvalue weighted by Crippen LogP contribution is 2.26. The van der Waals surface area contributed by atoms with Gasteiger partial charge in [0.1, 0.15) is 12.4 Å². The molecular formula is C17H20O2. The van der Waals surface area contributed by atoms with Gasteiger partial charge in [-0.25, -0.2) is 0 Å². The van der Waals surface area contributed by atoms with Gasteiger partial charge in [-0.05, 0) is 48.6 Å². The van der Waals surface area contributed by atoms with Crippen molar-refractivity contribution in [1.29, 1.82) is 0 Å². The maximum absolute atomic E-state index is 9.01. The molecule has 100 valence electrons. The van der Waals surface area contributed by atoms with Crippen molar-refractivity contribution in [3.63, 3.8) is 0 Å². The van der Waals surface area contributed by atoms with E-state index in [1.165, 1.54) is 11.1 Å². The fraction of sp³-hybridized carbons (Fsp3) is 0.294. The molecule has 1 N–H and O–H groups in total. The molecule has 0 spiro atoms. The van der Waals surface area contributed by atoms with Gasteiger partial charge in [0.2, 0.25) is 0 Å². The quantitative estimate of drug-likeness (QED) is 0.904. The topological polar surface area (TPSA) is 29.5 Å². The van der Waals surface area contributed by atoms with E-state index in [0.29, 0.717) is 6.61 Å². The zero-order chi connectivity index (χ0) is 13.8. The summed E-state index contributed by atoms with van der Waals surface area (Å²) in [4.78, 5) is 0. The van der Waals surface area contributed by atoms with Gasteiger partial charge in [-0.2, -0.15) is 0 Å². The Balaban J connectivity index is 2.12. The van der Waals surface area contributed by atoms with E-state index in [2.05, 4.69) is 32.9 Å². The Morgan fingerprint density at radius 1 is 0.842 bits per heavy atom. The number of ether oxygens (including phenoxy) is 1. The van der Waals surface area contributed by atoms with Crippen LogP contribution >= 0.6 is 0 Å². The standard InChI is InChI=1S/C17H20O2/c1-12-4-5-13(2)17(14(12)3)19-11-16-8-6-15(10-18)7-9-16/h4-9,18H,10-11H2,1-3H3. The zero-order valence-electron chi connectivity index (χ0n) is 11.7. The number of aryl methyl sites for hydroxylation is 2. The summed E-state index contributed by atoms with van der Waals surface area (Å²) < 4.78 is 5.95. The molecule has 0 saturated heterocycles. The molecule has 19 heavy (non-hydrogen) atoms. The molecule has 2 heteroatoms. The van der Waals surface area contributed by atoms with Crippen LogP contribution in [0.15, 0.2) is 36.4 Å². The lowest BCUT2D eigenvalue weighted by atomic mass is 10.1. The van der Waals surface area contributed by atoms with Crippen molar-refractivity contribution in [2.45, 2.75) is 34.0 Å². The summed E-state index contributed by atoms with van der Waals surface area (Å²) in [5.74, 6) is 0.978. The molecule has 0 amide bonds. The van der Waals surface area contributed by atoms with Gasteiger partial charge in [-0.3, -0.25) is 0 Å². The lowest BCUT2D eigenvalue weighted by molar-refractivity contribution is 0.281. The van der Waals surface area contributed by atoms with E-state index in [1.807, 2.05) is 24.3 Å². The van der Waals surface area contributed by atoms with Crippen molar-refractivity contribution in [1.82, 2.24) is 0 Å². The third-order valence-electron chi connectivity index (χ3n) is 3.46. The average molecular weight is 256 g/mol. The summed E-state index contributed by atoms with van der Waals surface area (Å²) in [6.07, 6.45) is 0. The molecule has 0 heterocycles. The second-order valence-corrected chi connectivity index (χ2v) is 4.92. The van der Waals surface area contributed by atoms with E-state index in [9.17, 15) is 0 Å². The minimum atomic E-state index is 0.0806. The second-order valence-electron chi connectivity index (χ2n) is 4.92. The molecule has 2 aromatic carbocycles. The summed E-state index contributed by atoms with van der Waals surface area (Å²) in [5, 5.41) is 9.01. The number of hydrogen-bond donors (Lipinski definition) is 1. The first-order chi connectivity index (χ1) is 9.11. The van der Waals surface area contributed by atoms with E-state index >= 15 is 0 Å². The first-order valence-corrected chi connectivity index (χ1v) is 6.50. The van der Waals surface area contributed by atoms with Crippen LogP contribution in [0.1, 0.15) is 27.8 Å². The number of aliphatic hydroxyl groups excluding tert-OH is 1. The maximum Gasteiger partial charge on any atom is 0.125 e. The van der Waals surface area contributed by atoms with Crippen LogP contribution in [0.2, 0.25) is 0 Å². The van der Waals surface area contributed by atoms with E-state index in [0.717, 1.165) is 22.4 Å². The van der Waals surface area contributed by atoms with Crippen LogP contribution in [0, 0.1) is 20.8 Å². The molecule has 0 fully saturated rings. The van der Waals surface area contributed by atoms with Crippen molar-refractivity contribution in [2.24, 2.45) is 0 Å². The van der Waals surface area contributed by atoms with E-state index in [1.54, 1.807) is 0 Å². The van der Waals surface area contributed by atoms with Crippen molar-refractivity contribution >= 4 is 0 Å². The Morgan fingerprint density at radius 3 is 2.05 bits per heavy atom. The van der Waals surface area contributed by atoms with Crippen LogP contribution < -0.4 is 4.74 Å². The lowest BCUT2D eigenvalue weighted by Gasteiger charge is -2.14. The first-order valence-electron chi connectivity index (χ1n) is 6.50. The molecule has 0 aliphatic heterocycles. The van der Waals surface area contributed by atoms with E-state index in [-0.39, 0.29) is 6.61 Å². The van der Waals surface area contributed by atoms with E-state index < -0.39 is 0 Å². The minimum Gasteiger partial charge on any atom is -0.488 e. The summed E-state index contributed by atoms with van der Waals surface area (Å²) in [6.45, 7) is 6.88. The fourth-order valence-electron chi connectivity index (χ4n) is 2.04. The van der Waals surface area contributed by atoms with E-state index in [4.69, 9.17) is 9.84 Å². The monoisotopic (exact) mass is 256 g/mol. The van der Waals surface area contributed by atoms with Crippen LogP contribution in [0.5, 0.6) is 5.75 Å².